The van der Waals surface area contributed by atoms with Gasteiger partial charge in [0.25, 0.3) is 0 Å². The molecule has 0 spiro atoms. The number of anilines is 2. The van der Waals surface area contributed by atoms with E-state index in [-0.39, 0.29) is 11.8 Å². The summed E-state index contributed by atoms with van der Waals surface area (Å²) in [6, 6.07) is 4.94. The molecule has 0 aliphatic carbocycles. The molecule has 2 amide bonds. The minimum atomic E-state index is -0.215. The van der Waals surface area contributed by atoms with Crippen molar-refractivity contribution in [1.29, 1.82) is 0 Å². The van der Waals surface area contributed by atoms with Crippen molar-refractivity contribution in [1.82, 2.24) is 5.32 Å². The lowest BCUT2D eigenvalue weighted by Gasteiger charge is -2.11. The van der Waals surface area contributed by atoms with Crippen molar-refractivity contribution in [3.05, 3.63) is 23.2 Å². The first-order chi connectivity index (χ1) is 9.02. The van der Waals surface area contributed by atoms with E-state index in [2.05, 4.69) is 16.0 Å². The molecule has 0 aromatic heterocycles. The second-order valence-electron chi connectivity index (χ2n) is 4.13. The number of nitrogens with one attached hydrogen (secondary N) is 3. The van der Waals surface area contributed by atoms with E-state index in [9.17, 15) is 9.59 Å². The first-order valence-corrected chi connectivity index (χ1v) is 6.42. The molecule has 0 aliphatic rings. The molecule has 0 heterocycles. The molecule has 0 radical (unpaired) electrons. The van der Waals surface area contributed by atoms with Gasteiger partial charge in [0.15, 0.2) is 0 Å². The van der Waals surface area contributed by atoms with Crippen molar-refractivity contribution >= 4 is 34.8 Å². The number of carbonyl (C=O) groups is 2. The normalized spacial score (nSPS) is 10.1. The molecule has 1 aromatic carbocycles. The molecule has 19 heavy (non-hydrogen) atoms. The predicted octanol–water partition coefficient (Wildman–Crippen LogP) is 2.24. The standard InChI is InChI=1S/C13H18ClN3O2/c1-9(18)16-12-8-10(14)5-6-11(12)17-13(19)4-3-7-15-2/h5-6,8,15H,3-4,7H2,1-2H3,(H,16,18)(H,17,19). The summed E-state index contributed by atoms with van der Waals surface area (Å²) in [7, 11) is 1.84. The zero-order valence-electron chi connectivity index (χ0n) is 11.0. The summed E-state index contributed by atoms with van der Waals surface area (Å²) in [6.45, 7) is 2.19. The van der Waals surface area contributed by atoms with Gasteiger partial charge < -0.3 is 16.0 Å². The summed E-state index contributed by atoms with van der Waals surface area (Å²) >= 11 is 5.87. The molecule has 0 bridgehead atoms. The summed E-state index contributed by atoms with van der Waals surface area (Å²) in [5.41, 5.74) is 1.05. The SMILES string of the molecule is CNCCCC(=O)Nc1ccc(Cl)cc1NC(C)=O. The molecule has 5 nitrogen and oxygen atoms in total. The third-order valence-electron chi connectivity index (χ3n) is 2.40. The molecule has 0 fully saturated rings. The fourth-order valence-corrected chi connectivity index (χ4v) is 1.73. The number of hydrogen-bond donors (Lipinski definition) is 3. The maximum Gasteiger partial charge on any atom is 0.224 e. The topological polar surface area (TPSA) is 70.2 Å². The van der Waals surface area contributed by atoms with Crippen molar-refractivity contribution in [3.63, 3.8) is 0 Å². The van der Waals surface area contributed by atoms with Crippen LogP contribution >= 0.6 is 11.6 Å². The van der Waals surface area contributed by atoms with Crippen LogP contribution in [0, 0.1) is 0 Å². The van der Waals surface area contributed by atoms with E-state index < -0.39 is 0 Å². The van der Waals surface area contributed by atoms with E-state index in [0.717, 1.165) is 13.0 Å². The van der Waals surface area contributed by atoms with Crippen molar-refractivity contribution in [2.24, 2.45) is 0 Å². The fraction of sp³-hybridized carbons (Fsp3) is 0.385. The van der Waals surface area contributed by atoms with Crippen molar-refractivity contribution in [2.45, 2.75) is 19.8 Å². The van der Waals surface area contributed by atoms with Crippen LogP contribution in [0.25, 0.3) is 0 Å². The molecule has 6 heteroatoms. The summed E-state index contributed by atoms with van der Waals surface area (Å²) in [6.07, 6.45) is 1.17. The van der Waals surface area contributed by atoms with E-state index in [0.29, 0.717) is 22.8 Å². The molecule has 0 atom stereocenters. The number of hydrogen-bond acceptors (Lipinski definition) is 3. The number of halogens is 1. The zero-order valence-corrected chi connectivity index (χ0v) is 11.8. The van der Waals surface area contributed by atoms with Crippen LogP contribution in [0.3, 0.4) is 0 Å². The number of rotatable bonds is 6. The summed E-state index contributed by atoms with van der Waals surface area (Å²) in [4.78, 5) is 22.8. The quantitative estimate of drug-likeness (QED) is 0.701. The van der Waals surface area contributed by atoms with Gasteiger partial charge in [-0.1, -0.05) is 11.6 Å². The van der Waals surface area contributed by atoms with Crippen molar-refractivity contribution in [3.8, 4) is 0 Å². The largest absolute Gasteiger partial charge is 0.324 e. The summed E-state index contributed by atoms with van der Waals surface area (Å²) < 4.78 is 0. The van der Waals surface area contributed by atoms with Crippen molar-refractivity contribution in [2.75, 3.05) is 24.2 Å². The Kier molecular flexibility index (Phi) is 6.32. The van der Waals surface area contributed by atoms with Gasteiger partial charge >= 0.3 is 0 Å². The first-order valence-electron chi connectivity index (χ1n) is 6.04. The van der Waals surface area contributed by atoms with Gasteiger partial charge in [-0.15, -0.1) is 0 Å². The van der Waals surface area contributed by atoms with E-state index >= 15 is 0 Å². The average Bonchev–Trinajstić information content (AvgIpc) is 2.32. The molecular formula is C13H18ClN3O2. The fourth-order valence-electron chi connectivity index (χ4n) is 1.56. The van der Waals surface area contributed by atoms with E-state index in [1.54, 1.807) is 18.2 Å². The second-order valence-corrected chi connectivity index (χ2v) is 4.56. The van der Waals surface area contributed by atoms with Gasteiger partial charge in [0.1, 0.15) is 0 Å². The predicted molar refractivity (Wildman–Crippen MR) is 77.5 cm³/mol. The van der Waals surface area contributed by atoms with E-state index in [1.165, 1.54) is 6.92 Å². The summed E-state index contributed by atoms with van der Waals surface area (Å²) in [5.74, 6) is -0.308. The smallest absolute Gasteiger partial charge is 0.224 e. The van der Waals surface area contributed by atoms with Gasteiger partial charge in [0.2, 0.25) is 11.8 Å². The lowest BCUT2D eigenvalue weighted by molar-refractivity contribution is -0.116. The maximum atomic E-state index is 11.7. The Morgan fingerprint density at radius 2 is 1.95 bits per heavy atom. The minimum absolute atomic E-state index is 0.0934. The van der Waals surface area contributed by atoms with Crippen LogP contribution in [-0.4, -0.2) is 25.4 Å². The van der Waals surface area contributed by atoms with E-state index in [1.807, 2.05) is 7.05 Å². The minimum Gasteiger partial charge on any atom is -0.324 e. The van der Waals surface area contributed by atoms with Crippen LogP contribution in [0.1, 0.15) is 19.8 Å². The zero-order chi connectivity index (χ0) is 14.3. The van der Waals surface area contributed by atoms with Crippen LogP contribution in [-0.2, 0) is 9.59 Å². The Morgan fingerprint density at radius 3 is 2.58 bits per heavy atom. The van der Waals surface area contributed by atoms with Crippen LogP contribution < -0.4 is 16.0 Å². The molecule has 1 aromatic rings. The monoisotopic (exact) mass is 283 g/mol. The Balaban J connectivity index is 2.71. The average molecular weight is 284 g/mol. The highest BCUT2D eigenvalue weighted by atomic mass is 35.5. The Bertz CT molecular complexity index is 463. The van der Waals surface area contributed by atoms with Crippen LogP contribution in [0.5, 0.6) is 0 Å². The van der Waals surface area contributed by atoms with Crippen LogP contribution in [0.4, 0.5) is 11.4 Å². The molecule has 0 unspecified atom stereocenters. The maximum absolute atomic E-state index is 11.7. The molecule has 1 rings (SSSR count). The molecule has 0 aliphatic heterocycles. The van der Waals surface area contributed by atoms with Gasteiger partial charge in [-0.05, 0) is 38.2 Å². The van der Waals surface area contributed by atoms with E-state index in [4.69, 9.17) is 11.6 Å². The van der Waals surface area contributed by atoms with Gasteiger partial charge in [0, 0.05) is 18.4 Å². The highest BCUT2D eigenvalue weighted by molar-refractivity contribution is 6.31. The number of benzene rings is 1. The molecule has 104 valence electrons. The van der Waals surface area contributed by atoms with Gasteiger partial charge in [-0.25, -0.2) is 0 Å². The van der Waals surface area contributed by atoms with Gasteiger partial charge in [-0.3, -0.25) is 9.59 Å². The Morgan fingerprint density at radius 1 is 1.21 bits per heavy atom. The third-order valence-corrected chi connectivity index (χ3v) is 2.63. The van der Waals surface area contributed by atoms with Gasteiger partial charge in [0.05, 0.1) is 11.4 Å². The Hall–Kier alpha value is -1.59. The van der Waals surface area contributed by atoms with Gasteiger partial charge in [-0.2, -0.15) is 0 Å². The molecule has 0 saturated carbocycles. The molecule has 3 N–H and O–H groups in total. The number of carbonyl (C=O) groups excluding carboxylic acids is 2. The number of amides is 2. The van der Waals surface area contributed by atoms with Crippen LogP contribution in [0.15, 0.2) is 18.2 Å². The summed E-state index contributed by atoms with van der Waals surface area (Å²) in [5, 5.41) is 8.87. The highest BCUT2D eigenvalue weighted by Gasteiger charge is 2.08. The Labute approximate surface area is 117 Å². The van der Waals surface area contributed by atoms with Crippen LogP contribution in [0.2, 0.25) is 5.02 Å². The lowest BCUT2D eigenvalue weighted by Crippen LogP contribution is -2.17. The van der Waals surface area contributed by atoms with Crippen molar-refractivity contribution < 1.29 is 9.59 Å². The third kappa shape index (κ3) is 5.72. The first kappa shape index (κ1) is 15.5. The lowest BCUT2D eigenvalue weighted by atomic mass is 10.2. The molecular weight excluding hydrogens is 266 g/mol. The molecule has 0 saturated heterocycles. The highest BCUT2D eigenvalue weighted by Crippen LogP contribution is 2.26. The second kappa shape index (κ2) is 7.76.